The molecule has 3 rings (SSSR count). The van der Waals surface area contributed by atoms with Crippen LogP contribution in [0.2, 0.25) is 0 Å². The smallest absolute Gasteiger partial charge is 0.0897 e. The molecule has 0 radical (unpaired) electrons. The Hall–Kier alpha value is -1.55. The van der Waals surface area contributed by atoms with Crippen molar-refractivity contribution in [2.24, 2.45) is 0 Å². The first-order valence-corrected chi connectivity index (χ1v) is 8.04. The third-order valence-corrected chi connectivity index (χ3v) is 4.46. The van der Waals surface area contributed by atoms with Gasteiger partial charge in [0.25, 0.3) is 0 Å². The molecule has 4 nitrogen and oxygen atoms in total. The Morgan fingerprint density at radius 1 is 1.19 bits per heavy atom. The summed E-state index contributed by atoms with van der Waals surface area (Å²) in [5, 5.41) is 4.80. The molecule has 0 saturated carbocycles. The predicted octanol–water partition coefficient (Wildman–Crippen LogP) is 2.43. The second kappa shape index (κ2) is 5.34. The van der Waals surface area contributed by atoms with E-state index in [9.17, 15) is 0 Å². The minimum Gasteiger partial charge on any atom is -0.395 e. The molecule has 0 amide bonds. The van der Waals surface area contributed by atoms with Gasteiger partial charge in [0.1, 0.15) is 0 Å². The van der Waals surface area contributed by atoms with Gasteiger partial charge in [-0.15, -0.1) is 0 Å². The summed E-state index contributed by atoms with van der Waals surface area (Å²) in [7, 11) is 6.72. The van der Waals surface area contributed by atoms with Gasteiger partial charge in [-0.3, -0.25) is 0 Å². The molecule has 1 aliphatic carbocycles. The first-order chi connectivity index (χ1) is 9.96. The zero-order valence-corrected chi connectivity index (χ0v) is 13.5. The van der Waals surface area contributed by atoms with E-state index in [1.807, 2.05) is 0 Å². The Labute approximate surface area is 127 Å². The number of aryl methyl sites for hydroxylation is 3. The molecule has 0 aliphatic heterocycles. The standard InChI is InChI=1S/C17H27N4/c1-21(2,3)12-5-4-8-14-17(18)16-11-10-13-7-6-9-15(13)20(16)19-14/h10-11H,4-9,12,18H2,1-3H3/q+1. The highest BCUT2D eigenvalue weighted by molar-refractivity contribution is 5.73. The van der Waals surface area contributed by atoms with Crippen LogP contribution in [-0.2, 0) is 19.3 Å². The number of nitrogen functional groups attached to an aromatic ring is 1. The van der Waals surface area contributed by atoms with Crippen LogP contribution in [0.4, 0.5) is 5.69 Å². The van der Waals surface area contributed by atoms with Crippen LogP contribution >= 0.6 is 0 Å². The van der Waals surface area contributed by atoms with Gasteiger partial charge in [0, 0.05) is 5.69 Å². The van der Waals surface area contributed by atoms with Gasteiger partial charge in [-0.05, 0) is 50.2 Å². The lowest BCUT2D eigenvalue weighted by atomic mass is 10.1. The number of hydrogen-bond acceptors (Lipinski definition) is 2. The zero-order valence-electron chi connectivity index (χ0n) is 13.5. The van der Waals surface area contributed by atoms with E-state index in [0.29, 0.717) is 0 Å². The van der Waals surface area contributed by atoms with E-state index in [2.05, 4.69) is 37.8 Å². The van der Waals surface area contributed by atoms with E-state index in [1.54, 1.807) is 0 Å². The number of pyridine rings is 1. The van der Waals surface area contributed by atoms with Crippen LogP contribution in [0.15, 0.2) is 12.1 Å². The van der Waals surface area contributed by atoms with Crippen molar-refractivity contribution in [3.63, 3.8) is 0 Å². The van der Waals surface area contributed by atoms with Crippen LogP contribution in [-0.4, -0.2) is 41.8 Å². The van der Waals surface area contributed by atoms with Gasteiger partial charge in [-0.25, -0.2) is 4.52 Å². The minimum absolute atomic E-state index is 0.884. The molecular formula is C17H27N4+. The van der Waals surface area contributed by atoms with Crippen molar-refractivity contribution in [3.8, 4) is 0 Å². The Kier molecular flexibility index (Phi) is 3.66. The van der Waals surface area contributed by atoms with Gasteiger partial charge in [0.2, 0.25) is 0 Å². The highest BCUT2D eigenvalue weighted by atomic mass is 15.3. The molecule has 2 heterocycles. The molecule has 2 aromatic heterocycles. The van der Waals surface area contributed by atoms with Gasteiger partial charge < -0.3 is 10.2 Å². The second-order valence-electron chi connectivity index (χ2n) is 7.29. The summed E-state index contributed by atoms with van der Waals surface area (Å²) in [5.74, 6) is 0. The van der Waals surface area contributed by atoms with Crippen LogP contribution in [0.1, 0.15) is 36.2 Å². The number of anilines is 1. The lowest BCUT2D eigenvalue weighted by Crippen LogP contribution is -2.35. The molecule has 2 aromatic rings. The van der Waals surface area contributed by atoms with E-state index >= 15 is 0 Å². The molecular weight excluding hydrogens is 260 g/mol. The number of fused-ring (bicyclic) bond motifs is 3. The summed E-state index contributed by atoms with van der Waals surface area (Å²) >= 11 is 0. The third kappa shape index (κ3) is 2.91. The highest BCUT2D eigenvalue weighted by Crippen LogP contribution is 2.27. The maximum Gasteiger partial charge on any atom is 0.0897 e. The molecule has 0 bridgehead atoms. The summed E-state index contributed by atoms with van der Waals surface area (Å²) in [6.07, 6.45) is 6.93. The van der Waals surface area contributed by atoms with Crippen molar-refractivity contribution in [3.05, 3.63) is 29.1 Å². The third-order valence-electron chi connectivity index (χ3n) is 4.46. The summed E-state index contributed by atoms with van der Waals surface area (Å²) in [6, 6.07) is 4.37. The second-order valence-corrected chi connectivity index (χ2v) is 7.29. The summed E-state index contributed by atoms with van der Waals surface area (Å²) in [5.41, 5.74) is 12.2. The van der Waals surface area contributed by atoms with Crippen LogP contribution in [0.3, 0.4) is 0 Å². The lowest BCUT2D eigenvalue weighted by Gasteiger charge is -2.23. The molecule has 114 valence electrons. The minimum atomic E-state index is 0.884. The Bertz CT molecular complexity index is 649. The van der Waals surface area contributed by atoms with Crippen LogP contribution < -0.4 is 5.73 Å². The summed E-state index contributed by atoms with van der Waals surface area (Å²) in [6.45, 7) is 1.20. The van der Waals surface area contributed by atoms with Crippen molar-refractivity contribution in [1.82, 2.24) is 9.61 Å². The molecule has 4 heteroatoms. The number of rotatable bonds is 5. The van der Waals surface area contributed by atoms with Crippen molar-refractivity contribution < 1.29 is 4.48 Å². The van der Waals surface area contributed by atoms with Gasteiger partial charge >= 0.3 is 0 Å². The van der Waals surface area contributed by atoms with Gasteiger partial charge in [-0.1, -0.05) is 6.07 Å². The topological polar surface area (TPSA) is 43.3 Å². The maximum atomic E-state index is 6.31. The van der Waals surface area contributed by atoms with E-state index < -0.39 is 0 Å². The first-order valence-electron chi connectivity index (χ1n) is 8.04. The van der Waals surface area contributed by atoms with E-state index in [1.165, 1.54) is 37.1 Å². The largest absolute Gasteiger partial charge is 0.395 e. The zero-order chi connectivity index (χ0) is 15.0. The Balaban J connectivity index is 1.76. The Morgan fingerprint density at radius 3 is 2.76 bits per heavy atom. The average molecular weight is 287 g/mol. The number of hydrogen-bond donors (Lipinski definition) is 1. The highest BCUT2D eigenvalue weighted by Gasteiger charge is 2.18. The molecule has 0 aromatic carbocycles. The Morgan fingerprint density at radius 2 is 2.00 bits per heavy atom. The normalized spacial score (nSPS) is 14.8. The van der Waals surface area contributed by atoms with Crippen molar-refractivity contribution >= 4 is 11.2 Å². The van der Waals surface area contributed by atoms with Gasteiger partial charge in [-0.2, -0.15) is 5.10 Å². The van der Waals surface area contributed by atoms with Crippen molar-refractivity contribution in [2.45, 2.75) is 38.5 Å². The van der Waals surface area contributed by atoms with Crippen LogP contribution in [0, 0.1) is 0 Å². The van der Waals surface area contributed by atoms with Crippen molar-refractivity contribution in [2.75, 3.05) is 33.4 Å². The lowest BCUT2D eigenvalue weighted by molar-refractivity contribution is -0.870. The maximum absolute atomic E-state index is 6.31. The number of nitrogens with two attached hydrogens (primary N) is 1. The van der Waals surface area contributed by atoms with Crippen molar-refractivity contribution in [1.29, 1.82) is 0 Å². The van der Waals surface area contributed by atoms with Gasteiger partial charge in [0.15, 0.2) is 0 Å². The quantitative estimate of drug-likeness (QED) is 0.678. The molecule has 0 atom stereocenters. The molecule has 0 saturated heterocycles. The number of nitrogens with zero attached hydrogens (tertiary/aromatic N) is 3. The first kappa shape index (κ1) is 14.4. The fraction of sp³-hybridized carbons (Fsp3) is 0.588. The molecule has 1 aliphatic rings. The van der Waals surface area contributed by atoms with E-state index in [-0.39, 0.29) is 0 Å². The fourth-order valence-electron chi connectivity index (χ4n) is 3.27. The molecule has 0 fully saturated rings. The van der Waals surface area contributed by atoms with Crippen LogP contribution in [0.25, 0.3) is 5.52 Å². The van der Waals surface area contributed by atoms with E-state index in [0.717, 1.165) is 40.6 Å². The number of aromatic nitrogens is 2. The average Bonchev–Trinajstić information content (AvgIpc) is 2.99. The summed E-state index contributed by atoms with van der Waals surface area (Å²) < 4.78 is 3.13. The molecule has 21 heavy (non-hydrogen) atoms. The fourth-order valence-corrected chi connectivity index (χ4v) is 3.27. The molecule has 0 unspecified atom stereocenters. The molecule has 0 spiro atoms. The number of quaternary nitrogens is 1. The monoisotopic (exact) mass is 287 g/mol. The van der Waals surface area contributed by atoms with E-state index in [4.69, 9.17) is 10.8 Å². The van der Waals surface area contributed by atoms with Crippen LogP contribution in [0.5, 0.6) is 0 Å². The predicted molar refractivity (Wildman–Crippen MR) is 87.5 cm³/mol. The van der Waals surface area contributed by atoms with Gasteiger partial charge in [0.05, 0.1) is 44.6 Å². The molecule has 2 N–H and O–H groups in total. The number of unbranched alkanes of at least 4 members (excludes halogenated alkanes) is 1. The summed E-state index contributed by atoms with van der Waals surface area (Å²) in [4.78, 5) is 0. The SMILES string of the molecule is C[N+](C)(C)CCCCc1nn2c3c(ccc2c1N)CCC3.